The van der Waals surface area contributed by atoms with Crippen molar-refractivity contribution >= 4 is 23.2 Å². The first-order valence-corrected chi connectivity index (χ1v) is 12.3. The molecule has 180 valence electrons. The summed E-state index contributed by atoms with van der Waals surface area (Å²) in [4.78, 5) is 31.2. The first-order valence-electron chi connectivity index (χ1n) is 11.4. The van der Waals surface area contributed by atoms with Gasteiger partial charge >= 0.3 is 0 Å². The van der Waals surface area contributed by atoms with Crippen LogP contribution in [0.4, 0.5) is 0 Å². The van der Waals surface area contributed by atoms with E-state index in [1.165, 1.54) is 11.1 Å². The molecule has 0 aliphatic carbocycles. The minimum absolute atomic E-state index is 0.00710. The molecule has 34 heavy (non-hydrogen) atoms. The summed E-state index contributed by atoms with van der Waals surface area (Å²) < 4.78 is 16.7. The minimum Gasteiger partial charge on any atom is -0.497 e. The number of ether oxygens (including phenoxy) is 2. The van der Waals surface area contributed by atoms with Crippen molar-refractivity contribution in [2.24, 2.45) is 5.92 Å². The largest absolute Gasteiger partial charge is 0.497 e. The van der Waals surface area contributed by atoms with Gasteiger partial charge in [0.15, 0.2) is 5.76 Å². The maximum absolute atomic E-state index is 13.5. The SMILES string of the molecule is COc1cccc(OC[C@@H]2c3ccsc3CCN2C(=O)CN(CC(C)C)C(=O)c2ccco2)c1. The Hall–Kier alpha value is -3.26. The lowest BCUT2D eigenvalue weighted by Gasteiger charge is -2.37. The quantitative estimate of drug-likeness (QED) is 0.444. The Bertz CT molecular complexity index is 1110. The van der Waals surface area contributed by atoms with E-state index in [1.807, 2.05) is 43.0 Å². The summed E-state index contributed by atoms with van der Waals surface area (Å²) in [6.45, 7) is 5.41. The van der Waals surface area contributed by atoms with Gasteiger partial charge in [-0.05, 0) is 53.6 Å². The van der Waals surface area contributed by atoms with E-state index >= 15 is 0 Å². The van der Waals surface area contributed by atoms with Crippen molar-refractivity contribution < 1.29 is 23.5 Å². The van der Waals surface area contributed by atoms with E-state index in [-0.39, 0.29) is 36.1 Å². The third-order valence-electron chi connectivity index (χ3n) is 5.80. The first-order chi connectivity index (χ1) is 16.5. The highest BCUT2D eigenvalue weighted by molar-refractivity contribution is 7.10. The monoisotopic (exact) mass is 482 g/mol. The Morgan fingerprint density at radius 1 is 1.21 bits per heavy atom. The van der Waals surface area contributed by atoms with E-state index in [2.05, 4.69) is 11.4 Å². The molecule has 1 aromatic carbocycles. The first kappa shape index (κ1) is 23.9. The Morgan fingerprint density at radius 3 is 2.76 bits per heavy atom. The van der Waals surface area contributed by atoms with Crippen LogP contribution in [0.3, 0.4) is 0 Å². The summed E-state index contributed by atoms with van der Waals surface area (Å²) >= 11 is 1.71. The Kier molecular flexibility index (Phi) is 7.57. The third kappa shape index (κ3) is 5.44. The van der Waals surface area contributed by atoms with Gasteiger partial charge in [0.25, 0.3) is 5.91 Å². The molecule has 0 saturated carbocycles. The summed E-state index contributed by atoms with van der Waals surface area (Å²) in [5, 5.41) is 2.06. The smallest absolute Gasteiger partial charge is 0.290 e. The summed E-state index contributed by atoms with van der Waals surface area (Å²) in [7, 11) is 1.62. The average Bonchev–Trinajstić information content (AvgIpc) is 3.53. The molecule has 0 fully saturated rings. The number of methoxy groups -OCH3 is 1. The van der Waals surface area contributed by atoms with Crippen LogP contribution in [-0.2, 0) is 11.2 Å². The number of carbonyl (C=O) groups excluding carboxylic acids is 2. The predicted molar refractivity (Wildman–Crippen MR) is 130 cm³/mol. The lowest BCUT2D eigenvalue weighted by atomic mass is 10.00. The van der Waals surface area contributed by atoms with Crippen LogP contribution in [-0.4, -0.2) is 55.0 Å². The maximum atomic E-state index is 13.5. The zero-order valence-electron chi connectivity index (χ0n) is 19.7. The molecule has 3 heterocycles. The summed E-state index contributed by atoms with van der Waals surface area (Å²) in [6, 6.07) is 12.6. The fourth-order valence-electron chi connectivity index (χ4n) is 4.21. The van der Waals surface area contributed by atoms with Crippen LogP contribution < -0.4 is 9.47 Å². The van der Waals surface area contributed by atoms with Gasteiger partial charge in [-0.25, -0.2) is 0 Å². The van der Waals surface area contributed by atoms with Gasteiger partial charge in [-0.15, -0.1) is 11.3 Å². The van der Waals surface area contributed by atoms with Gasteiger partial charge in [0, 0.05) is 24.0 Å². The number of fused-ring (bicyclic) bond motifs is 1. The molecule has 3 aromatic rings. The summed E-state index contributed by atoms with van der Waals surface area (Å²) in [6.07, 6.45) is 2.27. The van der Waals surface area contributed by atoms with E-state index in [4.69, 9.17) is 13.9 Å². The molecule has 8 heteroatoms. The van der Waals surface area contributed by atoms with Crippen molar-refractivity contribution in [1.29, 1.82) is 0 Å². The zero-order valence-corrected chi connectivity index (χ0v) is 20.5. The number of thiophene rings is 1. The molecular formula is C26H30N2O5S. The Morgan fingerprint density at radius 2 is 2.03 bits per heavy atom. The van der Waals surface area contributed by atoms with Crippen molar-refractivity contribution in [1.82, 2.24) is 9.80 Å². The van der Waals surface area contributed by atoms with Crippen LogP contribution in [0.2, 0.25) is 0 Å². The van der Waals surface area contributed by atoms with E-state index in [0.29, 0.717) is 31.2 Å². The van der Waals surface area contributed by atoms with Gasteiger partial charge in [-0.2, -0.15) is 0 Å². The molecule has 0 saturated heterocycles. The van der Waals surface area contributed by atoms with Crippen molar-refractivity contribution in [2.45, 2.75) is 26.3 Å². The molecule has 4 rings (SSSR count). The topological polar surface area (TPSA) is 72.2 Å². The number of hydrogen-bond acceptors (Lipinski definition) is 6. The lowest BCUT2D eigenvalue weighted by Crippen LogP contribution is -2.48. The van der Waals surface area contributed by atoms with Crippen LogP contribution in [0, 0.1) is 5.92 Å². The number of amides is 2. The summed E-state index contributed by atoms with van der Waals surface area (Å²) in [5.74, 6) is 1.48. The lowest BCUT2D eigenvalue weighted by molar-refractivity contribution is -0.135. The Balaban J connectivity index is 1.52. The standard InChI is InChI=1S/C26H30N2O5S/c1-18(2)15-27(26(30)23-8-5-12-32-23)16-25(29)28-11-9-24-21(10-13-34-24)22(28)17-33-20-7-4-6-19(14-20)31-3/h4-8,10,12-14,18,22H,9,11,15-17H2,1-3H3/t22-/m1/s1. The second-order valence-corrected chi connectivity index (χ2v) is 9.70. The van der Waals surface area contributed by atoms with Crippen molar-refractivity contribution in [3.63, 3.8) is 0 Å². The highest BCUT2D eigenvalue weighted by Crippen LogP contribution is 2.34. The van der Waals surface area contributed by atoms with Gasteiger partial charge in [0.1, 0.15) is 24.7 Å². The molecule has 2 amide bonds. The van der Waals surface area contributed by atoms with Gasteiger partial charge < -0.3 is 23.7 Å². The normalized spacial score (nSPS) is 15.2. The van der Waals surface area contributed by atoms with Gasteiger partial charge in [-0.3, -0.25) is 9.59 Å². The predicted octanol–water partition coefficient (Wildman–Crippen LogP) is 4.65. The molecule has 1 aliphatic heterocycles. The van der Waals surface area contributed by atoms with E-state index in [9.17, 15) is 9.59 Å². The number of nitrogens with zero attached hydrogens (tertiary/aromatic N) is 2. The number of rotatable bonds is 9. The number of hydrogen-bond donors (Lipinski definition) is 0. The fraction of sp³-hybridized carbons (Fsp3) is 0.385. The van der Waals surface area contributed by atoms with Gasteiger partial charge in [0.2, 0.25) is 5.91 Å². The zero-order chi connectivity index (χ0) is 24.1. The third-order valence-corrected chi connectivity index (χ3v) is 6.79. The molecule has 2 aromatic heterocycles. The summed E-state index contributed by atoms with van der Waals surface area (Å²) in [5.41, 5.74) is 1.11. The highest BCUT2D eigenvalue weighted by atomic mass is 32.1. The second-order valence-electron chi connectivity index (χ2n) is 8.70. The molecule has 7 nitrogen and oxygen atoms in total. The molecule has 0 unspecified atom stereocenters. The number of benzene rings is 1. The van der Waals surface area contributed by atoms with Crippen LogP contribution in [0.5, 0.6) is 11.5 Å². The molecule has 1 aliphatic rings. The molecule has 1 atom stereocenters. The molecule has 0 radical (unpaired) electrons. The van der Waals surface area contributed by atoms with Crippen LogP contribution >= 0.6 is 11.3 Å². The van der Waals surface area contributed by atoms with Crippen LogP contribution in [0.25, 0.3) is 0 Å². The second kappa shape index (κ2) is 10.8. The number of carbonyl (C=O) groups is 2. The Labute approximate surface area is 203 Å². The number of furan rings is 1. The maximum Gasteiger partial charge on any atom is 0.290 e. The van der Waals surface area contributed by atoms with Gasteiger partial charge in [0.05, 0.1) is 19.4 Å². The fourth-order valence-corrected chi connectivity index (χ4v) is 5.14. The van der Waals surface area contributed by atoms with E-state index in [1.54, 1.807) is 35.5 Å². The molecule has 0 bridgehead atoms. The highest BCUT2D eigenvalue weighted by Gasteiger charge is 2.34. The van der Waals surface area contributed by atoms with Crippen molar-refractivity contribution in [3.8, 4) is 11.5 Å². The van der Waals surface area contributed by atoms with Crippen molar-refractivity contribution in [2.75, 3.05) is 33.4 Å². The van der Waals surface area contributed by atoms with Crippen LogP contribution in [0.1, 0.15) is 40.9 Å². The minimum atomic E-state index is -0.274. The van der Waals surface area contributed by atoms with E-state index < -0.39 is 0 Å². The van der Waals surface area contributed by atoms with E-state index in [0.717, 1.165) is 12.0 Å². The van der Waals surface area contributed by atoms with Crippen molar-refractivity contribution in [3.05, 3.63) is 70.3 Å². The molecule has 0 spiro atoms. The molecule has 0 N–H and O–H groups in total. The van der Waals surface area contributed by atoms with Gasteiger partial charge in [-0.1, -0.05) is 19.9 Å². The molecular weight excluding hydrogens is 452 g/mol. The average molecular weight is 483 g/mol. The van der Waals surface area contributed by atoms with Crippen LogP contribution in [0.15, 0.2) is 58.5 Å².